The van der Waals surface area contributed by atoms with E-state index in [1.165, 1.54) is 6.92 Å². The van der Waals surface area contributed by atoms with Crippen molar-refractivity contribution in [2.75, 3.05) is 6.61 Å². The highest BCUT2D eigenvalue weighted by molar-refractivity contribution is 6.17. The summed E-state index contributed by atoms with van der Waals surface area (Å²) >= 11 is 0. The van der Waals surface area contributed by atoms with Gasteiger partial charge < -0.3 is 4.74 Å². The third kappa shape index (κ3) is 1.48. The average molecular weight is 154 g/mol. The average Bonchev–Trinajstić information content (AvgIpc) is 1.85. The number of carbonyl (C=O) groups excluding carboxylic acids is 2. The van der Waals surface area contributed by atoms with Crippen LogP contribution >= 0.6 is 0 Å². The molecule has 0 atom stereocenters. The maximum Gasteiger partial charge on any atom is 0.341 e. The number of cyclic esters (lactones) is 1. The van der Waals surface area contributed by atoms with Crippen LogP contribution in [-0.4, -0.2) is 18.4 Å². The van der Waals surface area contributed by atoms with Crippen molar-refractivity contribution < 1.29 is 14.3 Å². The Hall–Kier alpha value is -1.12. The van der Waals surface area contributed by atoms with Crippen molar-refractivity contribution in [1.82, 2.24) is 0 Å². The normalized spacial score (nSPS) is 18.2. The van der Waals surface area contributed by atoms with Gasteiger partial charge in [0.1, 0.15) is 5.57 Å². The van der Waals surface area contributed by atoms with Crippen LogP contribution in [0.5, 0.6) is 0 Å². The Morgan fingerprint density at radius 3 is 2.55 bits per heavy atom. The Balaban J connectivity index is 3.01. The van der Waals surface area contributed by atoms with Crippen molar-refractivity contribution in [3.05, 3.63) is 11.1 Å². The van der Waals surface area contributed by atoms with Crippen molar-refractivity contribution in [3.63, 3.8) is 0 Å². The largest absolute Gasteiger partial charge is 0.462 e. The summed E-state index contributed by atoms with van der Waals surface area (Å²) in [5.74, 6) is -0.673. The summed E-state index contributed by atoms with van der Waals surface area (Å²) in [6.07, 6.45) is 0.681. The Morgan fingerprint density at radius 2 is 2.18 bits per heavy atom. The van der Waals surface area contributed by atoms with Gasteiger partial charge in [-0.1, -0.05) is 5.57 Å². The van der Waals surface area contributed by atoms with Crippen LogP contribution in [0.2, 0.25) is 0 Å². The predicted octanol–water partition coefficient (Wildman–Crippen LogP) is 0.839. The molecule has 0 unspecified atom stereocenters. The van der Waals surface area contributed by atoms with Crippen LogP contribution in [0.3, 0.4) is 0 Å². The maximum absolute atomic E-state index is 10.9. The zero-order valence-corrected chi connectivity index (χ0v) is 6.64. The van der Waals surface area contributed by atoms with Crippen LogP contribution in [-0.2, 0) is 14.3 Å². The van der Waals surface area contributed by atoms with Gasteiger partial charge in [-0.2, -0.15) is 0 Å². The first-order chi connectivity index (χ1) is 5.13. The number of hydrogen-bond acceptors (Lipinski definition) is 3. The number of Topliss-reactive ketones (excluding diaryl/α,β-unsaturated/α-hetero) is 1. The lowest BCUT2D eigenvalue weighted by Crippen LogP contribution is -2.21. The molecule has 0 amide bonds. The third-order valence-corrected chi connectivity index (χ3v) is 1.69. The lowest BCUT2D eigenvalue weighted by atomic mass is 10.0. The third-order valence-electron chi connectivity index (χ3n) is 1.69. The van der Waals surface area contributed by atoms with Gasteiger partial charge >= 0.3 is 5.97 Å². The first-order valence-corrected chi connectivity index (χ1v) is 3.50. The molecule has 3 nitrogen and oxygen atoms in total. The van der Waals surface area contributed by atoms with E-state index in [-0.39, 0.29) is 11.4 Å². The second-order valence-electron chi connectivity index (χ2n) is 2.60. The van der Waals surface area contributed by atoms with Crippen LogP contribution < -0.4 is 0 Å². The van der Waals surface area contributed by atoms with Crippen LogP contribution in [0.15, 0.2) is 11.1 Å². The molecule has 0 aromatic carbocycles. The molecule has 0 fully saturated rings. The molecule has 0 N–H and O–H groups in total. The summed E-state index contributed by atoms with van der Waals surface area (Å²) in [4.78, 5) is 21.8. The Morgan fingerprint density at radius 1 is 1.55 bits per heavy atom. The highest BCUT2D eigenvalue weighted by atomic mass is 16.5. The fourth-order valence-electron chi connectivity index (χ4n) is 1.11. The maximum atomic E-state index is 10.9. The molecule has 60 valence electrons. The van der Waals surface area contributed by atoms with Crippen LogP contribution in [0.1, 0.15) is 20.3 Å². The van der Waals surface area contributed by atoms with Gasteiger partial charge in [-0.3, -0.25) is 4.79 Å². The van der Waals surface area contributed by atoms with E-state index >= 15 is 0 Å². The van der Waals surface area contributed by atoms with Crippen LogP contribution in [0.25, 0.3) is 0 Å². The van der Waals surface area contributed by atoms with E-state index in [1.807, 2.05) is 0 Å². The first-order valence-electron chi connectivity index (χ1n) is 3.50. The number of rotatable bonds is 1. The van der Waals surface area contributed by atoms with Crippen molar-refractivity contribution in [3.8, 4) is 0 Å². The molecule has 0 radical (unpaired) electrons. The second-order valence-corrected chi connectivity index (χ2v) is 2.60. The summed E-state index contributed by atoms with van der Waals surface area (Å²) in [5.41, 5.74) is 1.07. The van der Waals surface area contributed by atoms with E-state index in [0.29, 0.717) is 13.0 Å². The number of ether oxygens (including phenoxy) is 1. The topological polar surface area (TPSA) is 43.4 Å². The molecule has 1 aliphatic rings. The highest BCUT2D eigenvalue weighted by Crippen LogP contribution is 2.16. The van der Waals surface area contributed by atoms with E-state index < -0.39 is 5.97 Å². The van der Waals surface area contributed by atoms with Crippen molar-refractivity contribution >= 4 is 11.8 Å². The minimum absolute atomic E-state index is 0.202. The molecular weight excluding hydrogens is 144 g/mol. The lowest BCUT2D eigenvalue weighted by molar-refractivity contribution is -0.141. The lowest BCUT2D eigenvalue weighted by Gasteiger charge is -2.14. The summed E-state index contributed by atoms with van der Waals surface area (Å²) in [6, 6.07) is 0. The summed E-state index contributed by atoms with van der Waals surface area (Å²) in [6.45, 7) is 3.57. The monoisotopic (exact) mass is 154 g/mol. The fraction of sp³-hybridized carbons (Fsp3) is 0.500. The van der Waals surface area contributed by atoms with E-state index in [2.05, 4.69) is 0 Å². The summed E-state index contributed by atoms with van der Waals surface area (Å²) < 4.78 is 4.70. The van der Waals surface area contributed by atoms with E-state index in [0.717, 1.165) is 5.57 Å². The van der Waals surface area contributed by atoms with Gasteiger partial charge in [0.15, 0.2) is 5.78 Å². The van der Waals surface area contributed by atoms with E-state index in [1.54, 1.807) is 6.92 Å². The summed E-state index contributed by atoms with van der Waals surface area (Å²) in [7, 11) is 0. The van der Waals surface area contributed by atoms with Gasteiger partial charge in [-0.05, 0) is 13.8 Å². The number of ketones is 1. The molecule has 11 heavy (non-hydrogen) atoms. The van der Waals surface area contributed by atoms with Crippen LogP contribution in [0, 0.1) is 0 Å². The molecule has 0 aromatic heterocycles. The van der Waals surface area contributed by atoms with Gasteiger partial charge in [-0.15, -0.1) is 0 Å². The SMILES string of the molecule is CC(=O)C1=C(C)CCOC1=O. The van der Waals surface area contributed by atoms with E-state index in [9.17, 15) is 9.59 Å². The van der Waals surface area contributed by atoms with Crippen molar-refractivity contribution in [2.24, 2.45) is 0 Å². The van der Waals surface area contributed by atoms with Crippen molar-refractivity contribution in [1.29, 1.82) is 0 Å². The minimum atomic E-state index is -0.471. The molecule has 0 saturated heterocycles. The molecule has 0 spiro atoms. The van der Waals surface area contributed by atoms with Gasteiger partial charge in [0.2, 0.25) is 0 Å². The molecule has 0 bridgehead atoms. The number of esters is 1. The number of hydrogen-bond donors (Lipinski definition) is 0. The van der Waals surface area contributed by atoms with Gasteiger partial charge in [-0.25, -0.2) is 4.79 Å². The standard InChI is InChI=1S/C8H10O3/c1-5-3-4-11-8(10)7(5)6(2)9/h3-4H2,1-2H3. The molecule has 0 saturated carbocycles. The van der Waals surface area contributed by atoms with Gasteiger partial charge in [0.05, 0.1) is 6.61 Å². The first kappa shape index (κ1) is 7.98. The molecule has 1 aliphatic heterocycles. The Bertz CT molecular complexity index is 238. The molecule has 0 aliphatic carbocycles. The smallest absolute Gasteiger partial charge is 0.341 e. The van der Waals surface area contributed by atoms with E-state index in [4.69, 9.17) is 4.74 Å². The molecular formula is C8H10O3. The van der Waals surface area contributed by atoms with Gasteiger partial charge in [0, 0.05) is 6.42 Å². The van der Waals surface area contributed by atoms with Gasteiger partial charge in [0.25, 0.3) is 0 Å². The molecule has 1 rings (SSSR count). The Kier molecular flexibility index (Phi) is 2.08. The minimum Gasteiger partial charge on any atom is -0.462 e. The quantitative estimate of drug-likeness (QED) is 0.415. The molecule has 0 aromatic rings. The molecule has 3 heteroatoms. The predicted molar refractivity (Wildman–Crippen MR) is 39.0 cm³/mol. The fourth-order valence-corrected chi connectivity index (χ4v) is 1.11. The summed E-state index contributed by atoms with van der Waals surface area (Å²) in [5, 5.41) is 0. The van der Waals surface area contributed by atoms with Crippen molar-refractivity contribution in [2.45, 2.75) is 20.3 Å². The zero-order valence-electron chi connectivity index (χ0n) is 6.64. The van der Waals surface area contributed by atoms with Crippen LogP contribution in [0.4, 0.5) is 0 Å². The number of carbonyl (C=O) groups is 2. The Labute approximate surface area is 65.0 Å². The zero-order chi connectivity index (χ0) is 8.43. The molecule has 1 heterocycles. The highest BCUT2D eigenvalue weighted by Gasteiger charge is 2.22. The second kappa shape index (κ2) is 2.86.